The monoisotopic (exact) mass is 486 g/mol. The summed E-state index contributed by atoms with van der Waals surface area (Å²) in [6.45, 7) is 4.06. The molecule has 0 aliphatic carbocycles. The fourth-order valence-corrected chi connectivity index (χ4v) is 5.59. The second-order valence-electron chi connectivity index (χ2n) is 9.25. The first kappa shape index (κ1) is 23.3. The summed E-state index contributed by atoms with van der Waals surface area (Å²) in [4.78, 5) is 35.6. The summed E-state index contributed by atoms with van der Waals surface area (Å²) in [5.41, 5.74) is 5.11. The third-order valence-electron chi connectivity index (χ3n) is 6.65. The predicted molar refractivity (Wildman–Crippen MR) is 143 cm³/mol. The Bertz CT molecular complexity index is 1360. The van der Waals surface area contributed by atoms with Crippen molar-refractivity contribution in [3.05, 3.63) is 81.5 Å². The van der Waals surface area contributed by atoms with E-state index in [1.807, 2.05) is 23.6 Å². The fourth-order valence-electron chi connectivity index (χ4n) is 4.68. The van der Waals surface area contributed by atoms with Crippen molar-refractivity contribution in [2.75, 3.05) is 24.5 Å². The molecule has 35 heavy (non-hydrogen) atoms. The first-order valence-corrected chi connectivity index (χ1v) is 13.1. The maximum Gasteiger partial charge on any atom is 0.270 e. The van der Waals surface area contributed by atoms with Crippen LogP contribution in [0.15, 0.2) is 64.8 Å². The number of H-pyrrole nitrogens is 1. The lowest BCUT2D eigenvalue weighted by molar-refractivity contribution is -0.125. The van der Waals surface area contributed by atoms with Gasteiger partial charge in [0.05, 0.1) is 11.4 Å². The van der Waals surface area contributed by atoms with Crippen molar-refractivity contribution in [3.8, 4) is 11.1 Å². The minimum absolute atomic E-state index is 0.0852. The van der Waals surface area contributed by atoms with Gasteiger partial charge in [-0.25, -0.2) is 4.98 Å². The van der Waals surface area contributed by atoms with Gasteiger partial charge in [-0.1, -0.05) is 60.2 Å². The van der Waals surface area contributed by atoms with Gasteiger partial charge in [0.15, 0.2) is 0 Å². The van der Waals surface area contributed by atoms with E-state index in [-0.39, 0.29) is 17.4 Å². The maximum atomic E-state index is 12.9. The minimum atomic E-state index is -0.124. The SMILES string of the molecule is Cc1ccc(-c2csc3c(=O)[nH]c(N4CCC[C@@H](C(=O)NCCCc5ccccc5)C4)nc23)cc1. The lowest BCUT2D eigenvalue weighted by atomic mass is 9.97. The molecule has 0 unspecified atom stereocenters. The number of nitrogens with zero attached hydrogens (tertiary/aromatic N) is 2. The largest absolute Gasteiger partial charge is 0.356 e. The van der Waals surface area contributed by atoms with Crippen LogP contribution in [0.1, 0.15) is 30.4 Å². The first-order valence-electron chi connectivity index (χ1n) is 12.2. The normalized spacial score (nSPS) is 15.9. The van der Waals surface area contributed by atoms with Gasteiger partial charge < -0.3 is 10.2 Å². The van der Waals surface area contributed by atoms with Gasteiger partial charge in [0.2, 0.25) is 11.9 Å². The average Bonchev–Trinajstić information content (AvgIpc) is 3.32. The van der Waals surface area contributed by atoms with E-state index in [2.05, 4.69) is 58.5 Å². The number of piperidine rings is 1. The van der Waals surface area contributed by atoms with Crippen LogP contribution in [0, 0.1) is 12.8 Å². The second-order valence-corrected chi connectivity index (χ2v) is 10.1. The van der Waals surface area contributed by atoms with Crippen LogP contribution in [-0.4, -0.2) is 35.5 Å². The summed E-state index contributed by atoms with van der Waals surface area (Å²) >= 11 is 1.42. The van der Waals surface area contributed by atoms with Gasteiger partial charge in [-0.3, -0.25) is 14.6 Å². The molecule has 5 rings (SSSR count). The Labute approximate surface area is 209 Å². The van der Waals surface area contributed by atoms with Crippen LogP contribution in [0.5, 0.6) is 0 Å². The molecule has 2 aromatic carbocycles. The van der Waals surface area contributed by atoms with E-state index in [4.69, 9.17) is 4.98 Å². The third kappa shape index (κ3) is 5.30. The number of fused-ring (bicyclic) bond motifs is 1. The summed E-state index contributed by atoms with van der Waals surface area (Å²) in [6, 6.07) is 18.6. The number of carbonyl (C=O) groups excluding carboxylic acids is 1. The molecule has 1 atom stereocenters. The van der Waals surface area contributed by atoms with Crippen molar-refractivity contribution < 1.29 is 4.79 Å². The van der Waals surface area contributed by atoms with E-state index in [0.29, 0.717) is 23.7 Å². The number of benzene rings is 2. The van der Waals surface area contributed by atoms with Gasteiger partial charge in [0.1, 0.15) is 4.70 Å². The van der Waals surface area contributed by atoms with Crippen LogP contribution in [0.3, 0.4) is 0 Å². The zero-order valence-corrected chi connectivity index (χ0v) is 20.7. The molecular weight excluding hydrogens is 456 g/mol. The molecule has 3 heterocycles. The van der Waals surface area contributed by atoms with Crippen LogP contribution in [0.25, 0.3) is 21.3 Å². The van der Waals surface area contributed by atoms with Gasteiger partial charge in [-0.05, 0) is 43.7 Å². The lowest BCUT2D eigenvalue weighted by Gasteiger charge is -2.32. The summed E-state index contributed by atoms with van der Waals surface area (Å²) in [6.07, 6.45) is 3.60. The van der Waals surface area contributed by atoms with Crippen LogP contribution in [0.4, 0.5) is 5.95 Å². The Hall–Kier alpha value is -3.45. The van der Waals surface area contributed by atoms with E-state index in [1.54, 1.807) is 0 Å². The molecule has 0 radical (unpaired) electrons. The Morgan fingerprint density at radius 3 is 2.77 bits per heavy atom. The summed E-state index contributed by atoms with van der Waals surface area (Å²) in [5, 5.41) is 5.11. The van der Waals surface area contributed by atoms with Gasteiger partial charge in [-0.15, -0.1) is 11.3 Å². The molecule has 1 aliphatic rings. The summed E-state index contributed by atoms with van der Waals surface area (Å²) in [7, 11) is 0. The van der Waals surface area contributed by atoms with Crippen LogP contribution in [-0.2, 0) is 11.2 Å². The molecule has 2 N–H and O–H groups in total. The number of aromatic amines is 1. The second kappa shape index (κ2) is 10.4. The third-order valence-corrected chi connectivity index (χ3v) is 7.62. The molecular formula is C28H30N4O2S. The van der Waals surface area contributed by atoms with Crippen molar-refractivity contribution in [1.29, 1.82) is 0 Å². The van der Waals surface area contributed by atoms with E-state index in [9.17, 15) is 9.59 Å². The lowest BCUT2D eigenvalue weighted by Crippen LogP contribution is -2.44. The highest BCUT2D eigenvalue weighted by Crippen LogP contribution is 2.32. The Kier molecular flexibility index (Phi) is 6.95. The minimum Gasteiger partial charge on any atom is -0.356 e. The Morgan fingerprint density at radius 2 is 1.97 bits per heavy atom. The summed E-state index contributed by atoms with van der Waals surface area (Å²) in [5.74, 6) is 0.526. The molecule has 180 valence electrons. The maximum absolute atomic E-state index is 12.9. The molecule has 1 aliphatic heterocycles. The van der Waals surface area contributed by atoms with Crippen molar-refractivity contribution in [2.45, 2.75) is 32.6 Å². The Morgan fingerprint density at radius 1 is 1.17 bits per heavy atom. The van der Waals surface area contributed by atoms with Gasteiger partial charge >= 0.3 is 0 Å². The number of thiophene rings is 1. The topological polar surface area (TPSA) is 78.1 Å². The Balaban J connectivity index is 1.27. The molecule has 7 heteroatoms. The van der Waals surface area contributed by atoms with Crippen LogP contribution < -0.4 is 15.8 Å². The van der Waals surface area contributed by atoms with Crippen LogP contribution in [0.2, 0.25) is 0 Å². The molecule has 2 aromatic heterocycles. The fraction of sp³-hybridized carbons (Fsp3) is 0.321. The molecule has 0 spiro atoms. The smallest absolute Gasteiger partial charge is 0.270 e. The molecule has 0 saturated carbocycles. The number of nitrogens with one attached hydrogen (secondary N) is 2. The number of aryl methyl sites for hydroxylation is 2. The highest BCUT2D eigenvalue weighted by atomic mass is 32.1. The van der Waals surface area contributed by atoms with Gasteiger partial charge in [-0.2, -0.15) is 0 Å². The number of amides is 1. The van der Waals surface area contributed by atoms with Gasteiger partial charge in [0.25, 0.3) is 5.56 Å². The average molecular weight is 487 g/mol. The molecule has 1 saturated heterocycles. The first-order chi connectivity index (χ1) is 17.1. The highest BCUT2D eigenvalue weighted by molar-refractivity contribution is 7.17. The molecule has 0 bridgehead atoms. The molecule has 6 nitrogen and oxygen atoms in total. The van der Waals surface area contributed by atoms with Crippen molar-refractivity contribution in [1.82, 2.24) is 15.3 Å². The number of anilines is 1. The highest BCUT2D eigenvalue weighted by Gasteiger charge is 2.27. The standard InChI is InChI=1S/C28H30N4O2S/c1-19-11-13-21(14-12-19)23-18-35-25-24(23)30-28(31-27(25)34)32-16-6-10-22(17-32)26(33)29-15-5-9-20-7-3-2-4-8-20/h2-4,7-8,11-14,18,22H,5-6,9-10,15-17H2,1H3,(H,29,33)(H,30,31,34)/t22-/m1/s1. The van der Waals surface area contributed by atoms with Crippen LogP contribution >= 0.6 is 11.3 Å². The van der Waals surface area contributed by atoms with Gasteiger partial charge in [0, 0.05) is 30.6 Å². The predicted octanol–water partition coefficient (Wildman–Crippen LogP) is 4.93. The van der Waals surface area contributed by atoms with E-state index >= 15 is 0 Å². The number of hydrogen-bond acceptors (Lipinski definition) is 5. The number of hydrogen-bond donors (Lipinski definition) is 2. The van der Waals surface area contributed by atoms with E-state index in [0.717, 1.165) is 48.9 Å². The zero-order chi connectivity index (χ0) is 24.2. The number of carbonyl (C=O) groups is 1. The van der Waals surface area contributed by atoms with E-state index in [1.165, 1.54) is 22.5 Å². The van der Waals surface area contributed by atoms with Crippen molar-refractivity contribution >= 4 is 33.4 Å². The van der Waals surface area contributed by atoms with E-state index < -0.39 is 0 Å². The number of rotatable bonds is 7. The van der Waals surface area contributed by atoms with Crippen molar-refractivity contribution in [2.24, 2.45) is 5.92 Å². The summed E-state index contributed by atoms with van der Waals surface area (Å²) < 4.78 is 0.633. The molecule has 1 amide bonds. The zero-order valence-electron chi connectivity index (χ0n) is 19.9. The number of aromatic nitrogens is 2. The van der Waals surface area contributed by atoms with Crippen molar-refractivity contribution in [3.63, 3.8) is 0 Å². The quantitative estimate of drug-likeness (QED) is 0.363. The molecule has 1 fully saturated rings. The molecule has 4 aromatic rings.